The van der Waals surface area contributed by atoms with Crippen molar-refractivity contribution in [2.45, 2.75) is 39.8 Å². The number of unbranched alkanes of at least 4 members (excludes halogenated alkanes) is 1. The third-order valence-electron chi connectivity index (χ3n) is 5.52. The largest absolute Gasteiger partial charge is 0.497 e. The number of ether oxygens (including phenoxy) is 3. The van der Waals surface area contributed by atoms with Gasteiger partial charge >= 0.3 is 0 Å². The number of aromatic nitrogens is 2. The van der Waals surface area contributed by atoms with E-state index in [9.17, 15) is 0 Å². The molecular formula is C27H30N2O3. The van der Waals surface area contributed by atoms with E-state index in [2.05, 4.69) is 48.7 Å². The molecule has 0 radical (unpaired) electrons. The third kappa shape index (κ3) is 5.22. The lowest BCUT2D eigenvalue weighted by atomic mass is 10.1. The maximum Gasteiger partial charge on any atom is 0.147 e. The Kier molecular flexibility index (Phi) is 6.95. The summed E-state index contributed by atoms with van der Waals surface area (Å²) in [5.74, 6) is 3.44. The summed E-state index contributed by atoms with van der Waals surface area (Å²) in [7, 11) is 1.66. The number of hydrogen-bond donors (Lipinski definition) is 0. The molecule has 0 atom stereocenters. The van der Waals surface area contributed by atoms with E-state index in [1.165, 1.54) is 11.1 Å². The summed E-state index contributed by atoms with van der Waals surface area (Å²) in [6.07, 6.45) is 1.97. The van der Waals surface area contributed by atoms with Crippen LogP contribution < -0.4 is 14.2 Å². The van der Waals surface area contributed by atoms with E-state index < -0.39 is 0 Å². The molecule has 0 N–H and O–H groups in total. The maximum atomic E-state index is 6.03. The van der Waals surface area contributed by atoms with Crippen molar-refractivity contribution in [2.24, 2.45) is 0 Å². The van der Waals surface area contributed by atoms with Gasteiger partial charge in [0.2, 0.25) is 0 Å². The molecule has 0 unspecified atom stereocenters. The molecule has 166 valence electrons. The number of para-hydroxylation sites is 2. The Morgan fingerprint density at radius 1 is 0.844 bits per heavy atom. The van der Waals surface area contributed by atoms with Gasteiger partial charge < -0.3 is 18.8 Å². The smallest absolute Gasteiger partial charge is 0.147 e. The number of fused-ring (bicyclic) bond motifs is 1. The Hall–Kier alpha value is -3.47. The van der Waals surface area contributed by atoms with Gasteiger partial charge in [-0.25, -0.2) is 4.98 Å². The highest BCUT2D eigenvalue weighted by Crippen LogP contribution is 2.23. The molecule has 4 rings (SSSR count). The molecule has 0 amide bonds. The van der Waals surface area contributed by atoms with Gasteiger partial charge in [-0.2, -0.15) is 0 Å². The SMILES string of the molecule is COc1cccc(OCc2nc3ccccc3n2CCCCOc2cc(C)ccc2C)c1. The first kappa shape index (κ1) is 21.8. The predicted molar refractivity (Wildman–Crippen MR) is 128 cm³/mol. The zero-order chi connectivity index (χ0) is 22.3. The van der Waals surface area contributed by atoms with E-state index in [1.807, 2.05) is 36.4 Å². The van der Waals surface area contributed by atoms with Gasteiger partial charge in [-0.3, -0.25) is 0 Å². The first-order chi connectivity index (χ1) is 15.6. The van der Waals surface area contributed by atoms with Gasteiger partial charge in [0.15, 0.2) is 0 Å². The normalized spacial score (nSPS) is 11.0. The predicted octanol–water partition coefficient (Wildman–Crippen LogP) is 6.10. The highest BCUT2D eigenvalue weighted by Gasteiger charge is 2.11. The maximum absolute atomic E-state index is 6.03. The van der Waals surface area contributed by atoms with Crippen LogP contribution in [0.3, 0.4) is 0 Å². The standard InChI is InChI=1S/C27H30N2O3/c1-20-13-14-21(2)26(17-20)31-16-7-6-15-29-25-12-5-4-11-24(25)28-27(29)19-32-23-10-8-9-22(18-23)30-3/h4-5,8-14,17-18H,6-7,15-16,19H2,1-3H3. The first-order valence-electron chi connectivity index (χ1n) is 11.0. The van der Waals surface area contributed by atoms with Crippen LogP contribution in [0.25, 0.3) is 11.0 Å². The van der Waals surface area contributed by atoms with Crippen LogP contribution in [-0.2, 0) is 13.2 Å². The van der Waals surface area contributed by atoms with Gasteiger partial charge in [-0.1, -0.05) is 30.3 Å². The molecular weight excluding hydrogens is 400 g/mol. The molecule has 3 aromatic carbocycles. The molecule has 4 aromatic rings. The second-order valence-electron chi connectivity index (χ2n) is 7.96. The molecule has 0 saturated heterocycles. The molecule has 0 aliphatic heterocycles. The summed E-state index contributed by atoms with van der Waals surface area (Å²) in [4.78, 5) is 4.81. The summed E-state index contributed by atoms with van der Waals surface area (Å²) < 4.78 is 19.6. The molecule has 0 spiro atoms. The average molecular weight is 431 g/mol. The molecule has 0 aliphatic carbocycles. The van der Waals surface area contributed by atoms with Crippen molar-refractivity contribution < 1.29 is 14.2 Å². The molecule has 1 aromatic heterocycles. The number of imidazole rings is 1. The Morgan fingerprint density at radius 3 is 2.56 bits per heavy atom. The number of methoxy groups -OCH3 is 1. The Bertz CT molecular complexity index is 1180. The second kappa shape index (κ2) is 10.2. The molecule has 5 nitrogen and oxygen atoms in total. The summed E-state index contributed by atoms with van der Waals surface area (Å²) in [5, 5.41) is 0. The lowest BCUT2D eigenvalue weighted by molar-refractivity contribution is 0.283. The lowest BCUT2D eigenvalue weighted by Crippen LogP contribution is -2.09. The number of aryl methyl sites for hydroxylation is 3. The van der Waals surface area contributed by atoms with Gasteiger partial charge in [0, 0.05) is 12.6 Å². The van der Waals surface area contributed by atoms with E-state index in [0.717, 1.165) is 53.5 Å². The summed E-state index contributed by atoms with van der Waals surface area (Å²) >= 11 is 0. The summed E-state index contributed by atoms with van der Waals surface area (Å²) in [6, 6.07) is 22.2. The van der Waals surface area contributed by atoms with Crippen LogP contribution in [-0.4, -0.2) is 23.3 Å². The van der Waals surface area contributed by atoms with Crippen molar-refractivity contribution in [1.82, 2.24) is 9.55 Å². The first-order valence-corrected chi connectivity index (χ1v) is 11.0. The van der Waals surface area contributed by atoms with Crippen molar-refractivity contribution >= 4 is 11.0 Å². The monoisotopic (exact) mass is 430 g/mol. The zero-order valence-corrected chi connectivity index (χ0v) is 19.0. The fourth-order valence-electron chi connectivity index (χ4n) is 3.74. The minimum Gasteiger partial charge on any atom is -0.497 e. The van der Waals surface area contributed by atoms with Gasteiger partial charge in [0.05, 0.1) is 24.8 Å². The molecule has 0 saturated carbocycles. The van der Waals surface area contributed by atoms with Crippen molar-refractivity contribution in [3.63, 3.8) is 0 Å². The van der Waals surface area contributed by atoms with Crippen molar-refractivity contribution in [2.75, 3.05) is 13.7 Å². The van der Waals surface area contributed by atoms with Crippen LogP contribution in [0.1, 0.15) is 29.8 Å². The molecule has 0 fully saturated rings. The molecule has 5 heteroatoms. The van der Waals surface area contributed by atoms with E-state index in [-0.39, 0.29) is 0 Å². The summed E-state index contributed by atoms with van der Waals surface area (Å²) in [6.45, 7) is 6.15. The minimum atomic E-state index is 0.404. The van der Waals surface area contributed by atoms with Crippen molar-refractivity contribution in [3.05, 3.63) is 83.7 Å². The third-order valence-corrected chi connectivity index (χ3v) is 5.52. The van der Waals surface area contributed by atoms with Gasteiger partial charge in [0.1, 0.15) is 29.7 Å². The van der Waals surface area contributed by atoms with Gasteiger partial charge in [0.25, 0.3) is 0 Å². The van der Waals surface area contributed by atoms with Crippen molar-refractivity contribution in [1.29, 1.82) is 0 Å². The Balaban J connectivity index is 1.39. The fourth-order valence-corrected chi connectivity index (χ4v) is 3.74. The molecule has 0 aliphatic rings. The van der Waals surface area contributed by atoms with Crippen LogP contribution in [0.2, 0.25) is 0 Å². The van der Waals surface area contributed by atoms with E-state index >= 15 is 0 Å². The fraction of sp³-hybridized carbons (Fsp3) is 0.296. The van der Waals surface area contributed by atoms with Gasteiger partial charge in [-0.05, 0) is 68.1 Å². The number of hydrogen-bond acceptors (Lipinski definition) is 4. The Morgan fingerprint density at radius 2 is 1.69 bits per heavy atom. The van der Waals surface area contributed by atoms with Crippen LogP contribution in [0.5, 0.6) is 17.2 Å². The minimum absolute atomic E-state index is 0.404. The highest BCUT2D eigenvalue weighted by atomic mass is 16.5. The van der Waals surface area contributed by atoms with E-state index in [4.69, 9.17) is 19.2 Å². The highest BCUT2D eigenvalue weighted by molar-refractivity contribution is 5.75. The van der Waals surface area contributed by atoms with Crippen LogP contribution in [0.4, 0.5) is 0 Å². The number of rotatable bonds is 10. The van der Waals surface area contributed by atoms with E-state index in [0.29, 0.717) is 13.2 Å². The molecule has 32 heavy (non-hydrogen) atoms. The second-order valence-corrected chi connectivity index (χ2v) is 7.96. The quantitative estimate of drug-likeness (QED) is 0.285. The number of benzene rings is 3. The van der Waals surface area contributed by atoms with Gasteiger partial charge in [-0.15, -0.1) is 0 Å². The lowest BCUT2D eigenvalue weighted by Gasteiger charge is -2.12. The van der Waals surface area contributed by atoms with E-state index in [1.54, 1.807) is 7.11 Å². The van der Waals surface area contributed by atoms with Crippen LogP contribution in [0, 0.1) is 13.8 Å². The van der Waals surface area contributed by atoms with Crippen molar-refractivity contribution in [3.8, 4) is 17.2 Å². The average Bonchev–Trinajstić information content (AvgIpc) is 3.17. The van der Waals surface area contributed by atoms with Crippen LogP contribution in [0.15, 0.2) is 66.7 Å². The molecule has 1 heterocycles. The number of nitrogens with zero attached hydrogens (tertiary/aromatic N) is 2. The zero-order valence-electron chi connectivity index (χ0n) is 19.0. The Labute approximate surface area is 189 Å². The topological polar surface area (TPSA) is 45.5 Å². The molecule has 0 bridgehead atoms. The van der Waals surface area contributed by atoms with Crippen LogP contribution >= 0.6 is 0 Å². The summed E-state index contributed by atoms with van der Waals surface area (Å²) in [5.41, 5.74) is 4.51.